The average Bonchev–Trinajstić information content (AvgIpc) is 2.64. The van der Waals surface area contributed by atoms with Gasteiger partial charge in [-0.05, 0) is 19.8 Å². The van der Waals surface area contributed by atoms with Crippen molar-refractivity contribution in [2.24, 2.45) is 5.92 Å². The van der Waals surface area contributed by atoms with Crippen molar-refractivity contribution >= 4 is 0 Å². The molecule has 0 bridgehead atoms. The third kappa shape index (κ3) is 4.52. The summed E-state index contributed by atoms with van der Waals surface area (Å²) in [6.07, 6.45) is 8.05. The minimum absolute atomic E-state index is 0.0804. The summed E-state index contributed by atoms with van der Waals surface area (Å²) in [4.78, 5) is 0. The van der Waals surface area contributed by atoms with Crippen molar-refractivity contribution in [3.8, 4) is 0 Å². The fraction of sp³-hybridized carbons (Fsp3) is 1.00. The van der Waals surface area contributed by atoms with Crippen LogP contribution in [0.15, 0.2) is 0 Å². The maximum atomic E-state index is 5.78. The second-order valence-corrected chi connectivity index (χ2v) is 4.69. The summed E-state index contributed by atoms with van der Waals surface area (Å²) in [6, 6.07) is 0. The molecule has 0 aliphatic carbocycles. The zero-order valence-corrected chi connectivity index (χ0v) is 10.5. The van der Waals surface area contributed by atoms with Gasteiger partial charge in [-0.2, -0.15) is 0 Å². The van der Waals surface area contributed by atoms with Crippen LogP contribution < -0.4 is 0 Å². The maximum absolute atomic E-state index is 5.78. The Morgan fingerprint density at radius 2 is 1.93 bits per heavy atom. The van der Waals surface area contributed by atoms with Crippen LogP contribution in [-0.2, 0) is 9.47 Å². The van der Waals surface area contributed by atoms with Crippen LogP contribution in [0.4, 0.5) is 0 Å². The summed E-state index contributed by atoms with van der Waals surface area (Å²) < 4.78 is 11.5. The molecule has 0 aromatic rings. The Hall–Kier alpha value is -0.0800. The molecule has 0 saturated carbocycles. The number of hydrogen-bond acceptors (Lipinski definition) is 2. The lowest BCUT2D eigenvalue weighted by Gasteiger charge is -2.22. The summed E-state index contributed by atoms with van der Waals surface area (Å²) in [5.41, 5.74) is 0. The zero-order valence-electron chi connectivity index (χ0n) is 10.5. The van der Waals surface area contributed by atoms with Crippen LogP contribution in [0.1, 0.15) is 59.3 Å². The van der Waals surface area contributed by atoms with Gasteiger partial charge in [0.2, 0.25) is 0 Å². The Kier molecular flexibility index (Phi) is 6.26. The molecular weight excluding hydrogens is 188 g/mol. The van der Waals surface area contributed by atoms with Crippen LogP contribution in [-0.4, -0.2) is 19.0 Å². The molecule has 0 aromatic heterocycles. The first kappa shape index (κ1) is 13.0. The molecular formula is C13H26O2. The fourth-order valence-electron chi connectivity index (χ4n) is 2.23. The lowest BCUT2D eigenvalue weighted by molar-refractivity contribution is -0.0986. The highest BCUT2D eigenvalue weighted by Crippen LogP contribution is 2.27. The van der Waals surface area contributed by atoms with Gasteiger partial charge in [-0.3, -0.25) is 0 Å². The van der Waals surface area contributed by atoms with Gasteiger partial charge in [0.15, 0.2) is 6.29 Å². The molecule has 0 aromatic carbocycles. The summed E-state index contributed by atoms with van der Waals surface area (Å²) in [5.74, 6) is 0.617. The second kappa shape index (κ2) is 7.24. The monoisotopic (exact) mass is 214 g/mol. The van der Waals surface area contributed by atoms with Gasteiger partial charge in [0.1, 0.15) is 0 Å². The molecule has 1 aliphatic heterocycles. The van der Waals surface area contributed by atoms with Gasteiger partial charge in [-0.25, -0.2) is 0 Å². The van der Waals surface area contributed by atoms with Crippen LogP contribution in [0.3, 0.4) is 0 Å². The first-order valence-corrected chi connectivity index (χ1v) is 6.55. The van der Waals surface area contributed by atoms with E-state index in [2.05, 4.69) is 20.8 Å². The van der Waals surface area contributed by atoms with E-state index in [0.29, 0.717) is 12.0 Å². The van der Waals surface area contributed by atoms with Gasteiger partial charge in [-0.1, -0.05) is 39.5 Å². The molecule has 1 heterocycles. The minimum Gasteiger partial charge on any atom is -0.350 e. The third-order valence-electron chi connectivity index (χ3n) is 3.08. The quantitative estimate of drug-likeness (QED) is 0.601. The molecule has 0 radical (unpaired) electrons. The van der Waals surface area contributed by atoms with E-state index in [1.807, 2.05) is 0 Å². The normalized spacial score (nSPS) is 28.2. The third-order valence-corrected chi connectivity index (χ3v) is 3.08. The molecule has 1 saturated heterocycles. The molecule has 2 nitrogen and oxygen atoms in total. The van der Waals surface area contributed by atoms with Crippen LogP contribution in [0.5, 0.6) is 0 Å². The summed E-state index contributed by atoms with van der Waals surface area (Å²) in [5, 5.41) is 0. The Balaban J connectivity index is 2.28. The Bertz CT molecular complexity index is 159. The van der Waals surface area contributed by atoms with Gasteiger partial charge in [0.05, 0.1) is 12.7 Å². The SMILES string of the molecule is CCCCCC(CCC)C1OCC(C)O1. The van der Waals surface area contributed by atoms with E-state index in [0.717, 1.165) is 6.61 Å². The summed E-state index contributed by atoms with van der Waals surface area (Å²) in [6.45, 7) is 7.36. The molecule has 0 N–H and O–H groups in total. The van der Waals surface area contributed by atoms with Gasteiger partial charge in [0, 0.05) is 5.92 Å². The molecule has 90 valence electrons. The first-order chi connectivity index (χ1) is 7.27. The molecule has 15 heavy (non-hydrogen) atoms. The van der Waals surface area contributed by atoms with Crippen LogP contribution in [0, 0.1) is 5.92 Å². The largest absolute Gasteiger partial charge is 0.350 e. The van der Waals surface area contributed by atoms with Crippen molar-refractivity contribution in [3.63, 3.8) is 0 Å². The summed E-state index contributed by atoms with van der Waals surface area (Å²) >= 11 is 0. The Labute approximate surface area is 94.3 Å². The average molecular weight is 214 g/mol. The fourth-order valence-corrected chi connectivity index (χ4v) is 2.23. The second-order valence-electron chi connectivity index (χ2n) is 4.69. The highest BCUT2D eigenvalue weighted by molar-refractivity contribution is 4.69. The van der Waals surface area contributed by atoms with Crippen LogP contribution in [0.25, 0.3) is 0 Å². The summed E-state index contributed by atoms with van der Waals surface area (Å²) in [7, 11) is 0. The molecule has 3 atom stereocenters. The van der Waals surface area contributed by atoms with Crippen molar-refractivity contribution in [3.05, 3.63) is 0 Å². The van der Waals surface area contributed by atoms with E-state index >= 15 is 0 Å². The Morgan fingerprint density at radius 3 is 2.47 bits per heavy atom. The molecule has 1 fully saturated rings. The van der Waals surface area contributed by atoms with Crippen molar-refractivity contribution in [2.75, 3.05) is 6.61 Å². The lowest BCUT2D eigenvalue weighted by Crippen LogP contribution is -2.22. The van der Waals surface area contributed by atoms with Crippen molar-refractivity contribution in [2.45, 2.75) is 71.7 Å². The Morgan fingerprint density at radius 1 is 1.13 bits per heavy atom. The first-order valence-electron chi connectivity index (χ1n) is 6.55. The minimum atomic E-state index is 0.0804. The van der Waals surface area contributed by atoms with E-state index in [1.165, 1.54) is 38.5 Å². The van der Waals surface area contributed by atoms with E-state index < -0.39 is 0 Å². The van der Waals surface area contributed by atoms with Gasteiger partial charge < -0.3 is 9.47 Å². The maximum Gasteiger partial charge on any atom is 0.160 e. The van der Waals surface area contributed by atoms with Crippen LogP contribution in [0.2, 0.25) is 0 Å². The number of unbranched alkanes of at least 4 members (excludes halogenated alkanes) is 2. The smallest absolute Gasteiger partial charge is 0.160 e. The lowest BCUT2D eigenvalue weighted by atomic mass is 9.96. The van der Waals surface area contributed by atoms with E-state index in [4.69, 9.17) is 9.47 Å². The highest BCUT2D eigenvalue weighted by Gasteiger charge is 2.29. The van der Waals surface area contributed by atoms with Gasteiger partial charge in [0.25, 0.3) is 0 Å². The number of hydrogen-bond donors (Lipinski definition) is 0. The van der Waals surface area contributed by atoms with Crippen molar-refractivity contribution < 1.29 is 9.47 Å². The van der Waals surface area contributed by atoms with Crippen molar-refractivity contribution in [1.82, 2.24) is 0 Å². The molecule has 0 amide bonds. The highest BCUT2D eigenvalue weighted by atomic mass is 16.7. The number of rotatable bonds is 7. The number of ether oxygens (including phenoxy) is 2. The van der Waals surface area contributed by atoms with E-state index in [9.17, 15) is 0 Å². The molecule has 1 aliphatic rings. The predicted molar refractivity (Wildman–Crippen MR) is 62.8 cm³/mol. The van der Waals surface area contributed by atoms with Crippen LogP contribution >= 0.6 is 0 Å². The molecule has 1 rings (SSSR count). The predicted octanol–water partition coefficient (Wildman–Crippen LogP) is 3.74. The molecule has 2 heteroatoms. The van der Waals surface area contributed by atoms with Gasteiger partial charge >= 0.3 is 0 Å². The standard InChI is InChI=1S/C13H26O2/c1-4-6-7-9-12(8-5-2)13-14-10-11(3)15-13/h11-13H,4-10H2,1-3H3. The zero-order chi connectivity index (χ0) is 11.1. The van der Waals surface area contributed by atoms with E-state index in [1.54, 1.807) is 0 Å². The van der Waals surface area contributed by atoms with Crippen molar-refractivity contribution in [1.29, 1.82) is 0 Å². The van der Waals surface area contributed by atoms with Gasteiger partial charge in [-0.15, -0.1) is 0 Å². The molecule has 3 unspecified atom stereocenters. The topological polar surface area (TPSA) is 18.5 Å². The molecule has 0 spiro atoms. The van der Waals surface area contributed by atoms with E-state index in [-0.39, 0.29) is 6.29 Å².